The molecule has 26 heavy (non-hydrogen) atoms. The minimum absolute atomic E-state index is 0.0722. The predicted molar refractivity (Wildman–Crippen MR) is 98.6 cm³/mol. The van der Waals surface area contributed by atoms with Crippen molar-refractivity contribution in [2.75, 3.05) is 46.5 Å². The Kier molecular flexibility index (Phi) is 6.67. The van der Waals surface area contributed by atoms with E-state index in [1.807, 2.05) is 31.4 Å². The van der Waals surface area contributed by atoms with Gasteiger partial charge in [-0.25, -0.2) is 4.98 Å². The van der Waals surface area contributed by atoms with E-state index >= 15 is 0 Å². The van der Waals surface area contributed by atoms with E-state index in [1.54, 1.807) is 7.11 Å². The number of carbonyl (C=O) groups is 1. The van der Waals surface area contributed by atoms with Gasteiger partial charge in [-0.1, -0.05) is 0 Å². The van der Waals surface area contributed by atoms with E-state index in [0.717, 1.165) is 39.2 Å². The molecule has 0 N–H and O–H groups in total. The predicted octanol–water partition coefficient (Wildman–Crippen LogP) is 1.14. The minimum Gasteiger partial charge on any atom is -0.383 e. The van der Waals surface area contributed by atoms with Gasteiger partial charge in [-0.05, 0) is 25.8 Å². The number of ether oxygens (including phenoxy) is 2. The lowest BCUT2D eigenvalue weighted by Crippen LogP contribution is -2.42. The van der Waals surface area contributed by atoms with Crippen LogP contribution in [0.3, 0.4) is 0 Å². The van der Waals surface area contributed by atoms with Gasteiger partial charge in [0.2, 0.25) is 5.91 Å². The number of aryl methyl sites for hydroxylation is 1. The first kappa shape index (κ1) is 19.3. The molecule has 1 amide bonds. The van der Waals surface area contributed by atoms with E-state index in [4.69, 9.17) is 9.47 Å². The first-order valence-corrected chi connectivity index (χ1v) is 9.68. The molecule has 0 spiro atoms. The van der Waals surface area contributed by atoms with Gasteiger partial charge in [-0.2, -0.15) is 0 Å². The third kappa shape index (κ3) is 4.45. The maximum atomic E-state index is 12.6. The molecule has 0 unspecified atom stereocenters. The Morgan fingerprint density at radius 1 is 1.50 bits per heavy atom. The van der Waals surface area contributed by atoms with Crippen LogP contribution in [-0.4, -0.2) is 77.9 Å². The number of nitrogens with zero attached hydrogens (tertiary/aromatic N) is 4. The van der Waals surface area contributed by atoms with Gasteiger partial charge in [0.1, 0.15) is 0 Å². The van der Waals surface area contributed by atoms with Crippen molar-refractivity contribution >= 4 is 5.91 Å². The Morgan fingerprint density at radius 3 is 3.04 bits per heavy atom. The number of aromatic nitrogens is 2. The fourth-order valence-corrected chi connectivity index (χ4v) is 4.24. The van der Waals surface area contributed by atoms with E-state index in [9.17, 15) is 4.79 Å². The molecular formula is C19H32N4O3. The van der Waals surface area contributed by atoms with Crippen LogP contribution in [-0.2, 0) is 27.9 Å². The highest BCUT2D eigenvalue weighted by Gasteiger charge is 2.41. The normalized spacial score (nSPS) is 26.0. The molecule has 0 radical (unpaired) electrons. The van der Waals surface area contributed by atoms with Crippen molar-refractivity contribution in [3.05, 3.63) is 18.2 Å². The molecule has 7 nitrogen and oxygen atoms in total. The molecule has 3 atom stereocenters. The van der Waals surface area contributed by atoms with Gasteiger partial charge in [-0.15, -0.1) is 0 Å². The molecule has 0 saturated carbocycles. The highest BCUT2D eigenvalue weighted by Crippen LogP contribution is 2.36. The zero-order valence-corrected chi connectivity index (χ0v) is 16.3. The summed E-state index contributed by atoms with van der Waals surface area (Å²) in [4.78, 5) is 21.2. The summed E-state index contributed by atoms with van der Waals surface area (Å²) in [6.45, 7) is 7.79. The number of piperidine rings is 1. The summed E-state index contributed by atoms with van der Waals surface area (Å²) < 4.78 is 13.2. The lowest BCUT2D eigenvalue weighted by molar-refractivity contribution is -0.134. The van der Waals surface area contributed by atoms with Crippen LogP contribution in [0.2, 0.25) is 0 Å². The molecule has 1 aromatic rings. The Balaban J connectivity index is 1.50. The van der Waals surface area contributed by atoms with Crippen molar-refractivity contribution in [1.82, 2.24) is 19.4 Å². The maximum absolute atomic E-state index is 12.6. The van der Waals surface area contributed by atoms with Gasteiger partial charge < -0.3 is 18.9 Å². The summed E-state index contributed by atoms with van der Waals surface area (Å²) in [6, 6.07) is 0. The van der Waals surface area contributed by atoms with E-state index in [1.165, 1.54) is 5.69 Å². The van der Waals surface area contributed by atoms with Gasteiger partial charge in [0.25, 0.3) is 0 Å². The van der Waals surface area contributed by atoms with Crippen LogP contribution in [0.15, 0.2) is 12.5 Å². The average molecular weight is 364 g/mol. The first-order chi connectivity index (χ1) is 12.6. The molecule has 2 saturated heterocycles. The van der Waals surface area contributed by atoms with Crippen molar-refractivity contribution in [1.29, 1.82) is 0 Å². The third-order valence-corrected chi connectivity index (χ3v) is 5.86. The molecule has 2 aliphatic heterocycles. The van der Waals surface area contributed by atoms with Gasteiger partial charge in [0.15, 0.2) is 0 Å². The van der Waals surface area contributed by atoms with Crippen LogP contribution in [0.1, 0.15) is 25.5 Å². The van der Waals surface area contributed by atoms with E-state index in [0.29, 0.717) is 31.4 Å². The first-order valence-electron chi connectivity index (χ1n) is 9.68. The number of rotatable bonds is 8. The van der Waals surface area contributed by atoms with Crippen molar-refractivity contribution < 1.29 is 14.3 Å². The second-order valence-electron chi connectivity index (χ2n) is 7.49. The van der Waals surface area contributed by atoms with Crippen LogP contribution in [0.25, 0.3) is 0 Å². The van der Waals surface area contributed by atoms with Crippen LogP contribution < -0.4 is 0 Å². The molecule has 2 fully saturated rings. The van der Waals surface area contributed by atoms with Crippen molar-refractivity contribution in [2.45, 2.75) is 32.4 Å². The van der Waals surface area contributed by atoms with E-state index in [-0.39, 0.29) is 12.0 Å². The maximum Gasteiger partial charge on any atom is 0.225 e. The number of methoxy groups -OCH3 is 1. The highest BCUT2D eigenvalue weighted by atomic mass is 16.5. The Hall–Kier alpha value is -1.44. The Labute approximate surface area is 156 Å². The number of likely N-dealkylation sites (N-methyl/N-ethyl adjacent to an activating group) is 1. The van der Waals surface area contributed by atoms with Crippen LogP contribution in [0.5, 0.6) is 0 Å². The number of carbonyl (C=O) groups excluding carboxylic acids is 1. The number of likely N-dealkylation sites (tertiary alicyclic amines) is 1. The zero-order chi connectivity index (χ0) is 18.5. The third-order valence-electron chi connectivity index (χ3n) is 5.86. The second-order valence-corrected chi connectivity index (χ2v) is 7.49. The fraction of sp³-hybridized carbons (Fsp3) is 0.789. The van der Waals surface area contributed by atoms with Crippen molar-refractivity contribution in [2.24, 2.45) is 18.9 Å². The molecule has 0 bridgehead atoms. The highest BCUT2D eigenvalue weighted by molar-refractivity contribution is 5.76. The quantitative estimate of drug-likeness (QED) is 0.692. The monoisotopic (exact) mass is 364 g/mol. The molecular weight excluding hydrogens is 332 g/mol. The van der Waals surface area contributed by atoms with Gasteiger partial charge in [0.05, 0.1) is 37.8 Å². The fourth-order valence-electron chi connectivity index (χ4n) is 4.24. The molecule has 0 aromatic carbocycles. The number of imidazole rings is 1. The molecule has 1 aromatic heterocycles. The second kappa shape index (κ2) is 8.97. The Bertz CT molecular complexity index is 591. The Morgan fingerprint density at radius 2 is 2.35 bits per heavy atom. The summed E-state index contributed by atoms with van der Waals surface area (Å²) in [5.41, 5.74) is 1.24. The minimum atomic E-state index is 0.0722. The van der Waals surface area contributed by atoms with Crippen LogP contribution in [0, 0.1) is 11.8 Å². The van der Waals surface area contributed by atoms with E-state index in [2.05, 4.69) is 14.5 Å². The SMILES string of the molecule is CCN(CCOC)C(=O)C[C@@H]1OC[C@H]2CN(Cc3cncn3C)CC[C@H]21. The number of amides is 1. The average Bonchev–Trinajstić information content (AvgIpc) is 3.22. The summed E-state index contributed by atoms with van der Waals surface area (Å²) in [5, 5.41) is 0. The molecule has 7 heteroatoms. The van der Waals surface area contributed by atoms with E-state index < -0.39 is 0 Å². The molecule has 3 rings (SSSR count). The molecule has 2 aliphatic rings. The van der Waals surface area contributed by atoms with Crippen molar-refractivity contribution in [3.8, 4) is 0 Å². The largest absolute Gasteiger partial charge is 0.383 e. The van der Waals surface area contributed by atoms with Gasteiger partial charge in [-0.3, -0.25) is 9.69 Å². The zero-order valence-electron chi connectivity index (χ0n) is 16.3. The summed E-state index contributed by atoms with van der Waals surface area (Å²) in [5.74, 6) is 1.22. The summed E-state index contributed by atoms with van der Waals surface area (Å²) >= 11 is 0. The smallest absolute Gasteiger partial charge is 0.225 e. The van der Waals surface area contributed by atoms with Crippen LogP contribution >= 0.6 is 0 Å². The number of hydrogen-bond acceptors (Lipinski definition) is 5. The molecule has 0 aliphatic carbocycles. The number of hydrogen-bond donors (Lipinski definition) is 0. The number of fused-ring (bicyclic) bond motifs is 1. The summed E-state index contributed by atoms with van der Waals surface area (Å²) in [7, 11) is 3.71. The summed E-state index contributed by atoms with van der Waals surface area (Å²) in [6.07, 6.45) is 5.47. The van der Waals surface area contributed by atoms with Crippen LogP contribution in [0.4, 0.5) is 0 Å². The lowest BCUT2D eigenvalue weighted by atomic mass is 9.83. The molecule has 3 heterocycles. The topological polar surface area (TPSA) is 59.8 Å². The lowest BCUT2D eigenvalue weighted by Gasteiger charge is -2.35. The standard InChI is InChI=1S/C19H32N4O3/c1-4-23(7-8-25-3)19(24)9-18-17-5-6-22(11-15(17)13-26-18)12-16-10-20-14-21(16)2/h10,14-15,17-18H,4-9,11-13H2,1-3H3/t15-,17-,18+/m1/s1. The van der Waals surface area contributed by atoms with Gasteiger partial charge in [0, 0.05) is 52.5 Å². The van der Waals surface area contributed by atoms with Crippen molar-refractivity contribution in [3.63, 3.8) is 0 Å². The molecule has 146 valence electrons. The van der Waals surface area contributed by atoms with Gasteiger partial charge >= 0.3 is 0 Å².